The predicted octanol–water partition coefficient (Wildman–Crippen LogP) is 5.20. The van der Waals surface area contributed by atoms with Crippen molar-refractivity contribution >= 4 is 34.5 Å². The topological polar surface area (TPSA) is 18.5 Å². The average molecular weight is 329 g/mol. The van der Waals surface area contributed by atoms with E-state index in [0.29, 0.717) is 24.0 Å². The molecule has 0 radical (unpaired) electrons. The lowest BCUT2D eigenvalue weighted by atomic mass is 10.0. The van der Waals surface area contributed by atoms with Crippen molar-refractivity contribution in [2.45, 2.75) is 18.7 Å². The second-order valence-electron chi connectivity index (χ2n) is 4.74. The summed E-state index contributed by atoms with van der Waals surface area (Å²) in [4.78, 5) is 0. The summed E-state index contributed by atoms with van der Waals surface area (Å²) < 4.78 is 11.3. The van der Waals surface area contributed by atoms with Crippen LogP contribution in [0.25, 0.3) is 0 Å². The molecule has 0 aliphatic carbocycles. The van der Waals surface area contributed by atoms with Crippen molar-refractivity contribution in [2.75, 3.05) is 13.2 Å². The zero-order valence-corrected chi connectivity index (χ0v) is 13.3. The molecule has 1 aliphatic rings. The van der Waals surface area contributed by atoms with Gasteiger partial charge in [-0.1, -0.05) is 11.6 Å². The average Bonchev–Trinajstić information content (AvgIpc) is 2.72. The second kappa shape index (κ2) is 5.84. The molecule has 0 amide bonds. The van der Waals surface area contributed by atoms with Gasteiger partial charge in [0.25, 0.3) is 0 Å². The molecule has 0 bridgehead atoms. The summed E-state index contributed by atoms with van der Waals surface area (Å²) in [6.45, 7) is 3.35. The SMILES string of the molecule is Cc1cscc1C(Cl)c1cc2c(cc1Cl)OCCCO2. The van der Waals surface area contributed by atoms with Crippen molar-refractivity contribution in [3.05, 3.63) is 44.6 Å². The summed E-state index contributed by atoms with van der Waals surface area (Å²) in [5.74, 6) is 1.42. The fraction of sp³-hybridized carbons (Fsp3) is 0.333. The summed E-state index contributed by atoms with van der Waals surface area (Å²) in [7, 11) is 0. The first-order valence-electron chi connectivity index (χ1n) is 6.42. The molecule has 2 nitrogen and oxygen atoms in total. The Morgan fingerprint density at radius 2 is 1.80 bits per heavy atom. The van der Waals surface area contributed by atoms with E-state index in [0.717, 1.165) is 23.3 Å². The van der Waals surface area contributed by atoms with Gasteiger partial charge in [0.15, 0.2) is 11.5 Å². The van der Waals surface area contributed by atoms with Gasteiger partial charge in [-0.05, 0) is 40.4 Å². The molecule has 1 aliphatic heterocycles. The molecule has 1 aromatic heterocycles. The molecule has 0 saturated carbocycles. The summed E-state index contributed by atoms with van der Waals surface area (Å²) in [5, 5.41) is 4.49. The van der Waals surface area contributed by atoms with Gasteiger partial charge in [0.05, 0.1) is 18.6 Å². The predicted molar refractivity (Wildman–Crippen MR) is 83.8 cm³/mol. The van der Waals surface area contributed by atoms with Gasteiger partial charge < -0.3 is 9.47 Å². The molecule has 3 rings (SSSR count). The Kier molecular flexibility index (Phi) is 4.11. The highest BCUT2D eigenvalue weighted by Crippen LogP contribution is 2.42. The highest BCUT2D eigenvalue weighted by atomic mass is 35.5. The molecule has 2 aromatic rings. The van der Waals surface area contributed by atoms with Crippen LogP contribution in [0.2, 0.25) is 5.02 Å². The van der Waals surface area contributed by atoms with Crippen LogP contribution in [-0.2, 0) is 0 Å². The molecule has 1 aromatic carbocycles. The third-order valence-corrected chi connectivity index (χ3v) is 4.99. The number of ether oxygens (including phenoxy) is 2. The Hall–Kier alpha value is -0.900. The largest absolute Gasteiger partial charge is 0.490 e. The minimum Gasteiger partial charge on any atom is -0.490 e. The van der Waals surface area contributed by atoms with E-state index >= 15 is 0 Å². The monoisotopic (exact) mass is 328 g/mol. The lowest BCUT2D eigenvalue weighted by molar-refractivity contribution is 0.297. The maximum absolute atomic E-state index is 6.59. The quantitative estimate of drug-likeness (QED) is 0.705. The molecular weight excluding hydrogens is 315 g/mol. The first-order valence-corrected chi connectivity index (χ1v) is 8.18. The molecule has 1 atom stereocenters. The van der Waals surface area contributed by atoms with Gasteiger partial charge in [-0.25, -0.2) is 0 Å². The number of fused-ring (bicyclic) bond motifs is 1. The molecule has 20 heavy (non-hydrogen) atoms. The first kappa shape index (κ1) is 14.1. The third kappa shape index (κ3) is 2.62. The van der Waals surface area contributed by atoms with Crippen LogP contribution < -0.4 is 9.47 Å². The second-order valence-corrected chi connectivity index (χ2v) is 6.33. The maximum atomic E-state index is 6.59. The van der Waals surface area contributed by atoms with E-state index in [-0.39, 0.29) is 5.38 Å². The molecule has 2 heterocycles. The molecule has 1 unspecified atom stereocenters. The van der Waals surface area contributed by atoms with Gasteiger partial charge in [-0.2, -0.15) is 11.3 Å². The summed E-state index contributed by atoms with van der Waals surface area (Å²) >= 11 is 14.6. The van der Waals surface area contributed by atoms with Gasteiger partial charge in [0.2, 0.25) is 0 Å². The van der Waals surface area contributed by atoms with Crippen LogP contribution in [0.1, 0.15) is 28.5 Å². The lowest BCUT2D eigenvalue weighted by Crippen LogP contribution is -1.98. The number of hydrogen-bond donors (Lipinski definition) is 0. The zero-order valence-electron chi connectivity index (χ0n) is 11.0. The number of hydrogen-bond acceptors (Lipinski definition) is 3. The molecule has 0 fully saturated rings. The van der Waals surface area contributed by atoms with Gasteiger partial charge in [-0.15, -0.1) is 11.6 Å². The number of thiophene rings is 1. The zero-order chi connectivity index (χ0) is 14.1. The van der Waals surface area contributed by atoms with E-state index in [9.17, 15) is 0 Å². The summed E-state index contributed by atoms with van der Waals surface area (Å²) in [6.07, 6.45) is 0.871. The van der Waals surface area contributed by atoms with Crippen molar-refractivity contribution in [3.63, 3.8) is 0 Å². The van der Waals surface area contributed by atoms with Crippen LogP contribution in [0.5, 0.6) is 11.5 Å². The van der Waals surface area contributed by atoms with Crippen LogP contribution in [0.3, 0.4) is 0 Å². The Morgan fingerprint density at radius 1 is 1.10 bits per heavy atom. The van der Waals surface area contributed by atoms with Crippen molar-refractivity contribution in [2.24, 2.45) is 0 Å². The number of halogens is 2. The van der Waals surface area contributed by atoms with Gasteiger partial charge in [-0.3, -0.25) is 0 Å². The van der Waals surface area contributed by atoms with Gasteiger partial charge >= 0.3 is 0 Å². The minimum absolute atomic E-state index is 0.272. The van der Waals surface area contributed by atoms with E-state index in [1.165, 1.54) is 5.56 Å². The van der Waals surface area contributed by atoms with Crippen molar-refractivity contribution in [1.82, 2.24) is 0 Å². The molecule has 5 heteroatoms. The molecule has 106 valence electrons. The van der Waals surface area contributed by atoms with Crippen LogP contribution >= 0.6 is 34.5 Å². The Morgan fingerprint density at radius 3 is 2.45 bits per heavy atom. The minimum atomic E-state index is -0.272. The fourth-order valence-corrected chi connectivity index (χ4v) is 3.88. The van der Waals surface area contributed by atoms with E-state index in [2.05, 4.69) is 17.7 Å². The van der Waals surface area contributed by atoms with Crippen molar-refractivity contribution < 1.29 is 9.47 Å². The molecular formula is C15H14Cl2O2S. The fourth-order valence-electron chi connectivity index (χ4n) is 2.19. The van der Waals surface area contributed by atoms with Crippen LogP contribution in [0, 0.1) is 6.92 Å². The van der Waals surface area contributed by atoms with Crippen LogP contribution in [-0.4, -0.2) is 13.2 Å². The van der Waals surface area contributed by atoms with E-state index in [1.54, 1.807) is 17.4 Å². The van der Waals surface area contributed by atoms with Crippen molar-refractivity contribution in [3.8, 4) is 11.5 Å². The number of rotatable bonds is 2. The standard InChI is InChI=1S/C15H14Cl2O2S/c1-9-7-20-8-11(9)15(17)10-5-13-14(6-12(10)16)19-4-2-3-18-13/h5-8,15H,2-4H2,1H3. The number of aryl methyl sites for hydroxylation is 1. The lowest BCUT2D eigenvalue weighted by Gasteiger charge is -2.15. The summed E-state index contributed by atoms with van der Waals surface area (Å²) in [6, 6.07) is 3.70. The van der Waals surface area contributed by atoms with Crippen LogP contribution in [0.15, 0.2) is 22.9 Å². The molecule has 0 saturated heterocycles. The number of alkyl halides is 1. The van der Waals surface area contributed by atoms with Gasteiger partial charge in [0, 0.05) is 17.5 Å². The number of benzene rings is 1. The smallest absolute Gasteiger partial charge is 0.162 e. The van der Waals surface area contributed by atoms with Gasteiger partial charge in [0.1, 0.15) is 0 Å². The Labute approximate surface area is 132 Å². The van der Waals surface area contributed by atoms with E-state index < -0.39 is 0 Å². The molecule has 0 N–H and O–H groups in total. The maximum Gasteiger partial charge on any atom is 0.162 e. The van der Waals surface area contributed by atoms with E-state index in [1.807, 2.05) is 6.07 Å². The van der Waals surface area contributed by atoms with Crippen molar-refractivity contribution in [1.29, 1.82) is 0 Å². The normalized spacial score (nSPS) is 15.8. The Balaban J connectivity index is 2.01. The van der Waals surface area contributed by atoms with Crippen LogP contribution in [0.4, 0.5) is 0 Å². The van der Waals surface area contributed by atoms with E-state index in [4.69, 9.17) is 32.7 Å². The highest BCUT2D eigenvalue weighted by molar-refractivity contribution is 7.08. The molecule has 0 spiro atoms. The first-order chi connectivity index (χ1) is 9.66. The highest BCUT2D eigenvalue weighted by Gasteiger charge is 2.21. The third-order valence-electron chi connectivity index (χ3n) is 3.31. The summed E-state index contributed by atoms with van der Waals surface area (Å²) in [5.41, 5.74) is 3.13. The Bertz CT molecular complexity index is 624.